The van der Waals surface area contributed by atoms with Gasteiger partial charge in [0.1, 0.15) is 0 Å². The third kappa shape index (κ3) is 4.90. The zero-order valence-corrected chi connectivity index (χ0v) is 14.0. The number of aromatic nitrogens is 2. The van der Waals surface area contributed by atoms with Crippen LogP contribution in [0.15, 0.2) is 41.4 Å². The Kier molecular flexibility index (Phi) is 6.33. The van der Waals surface area contributed by atoms with Crippen molar-refractivity contribution in [2.24, 2.45) is 0 Å². The molecule has 0 fully saturated rings. The number of rotatable bonds is 8. The molecule has 0 aliphatic rings. The Labute approximate surface area is 132 Å². The summed E-state index contributed by atoms with van der Waals surface area (Å²) in [6.07, 6.45) is 3.20. The van der Waals surface area contributed by atoms with Gasteiger partial charge in [-0.1, -0.05) is 26.0 Å². The molecule has 1 aromatic heterocycles. The summed E-state index contributed by atoms with van der Waals surface area (Å²) in [5.74, 6) is 0.927. The van der Waals surface area contributed by atoms with E-state index in [1.165, 1.54) is 10.5 Å². The topological polar surface area (TPSA) is 29.9 Å². The highest BCUT2D eigenvalue weighted by Gasteiger charge is 2.05. The Bertz CT molecular complexity index is 533. The zero-order valence-electron chi connectivity index (χ0n) is 13.2. The molecule has 114 valence electrons. The number of benzene rings is 1. The van der Waals surface area contributed by atoms with Crippen LogP contribution >= 0.6 is 11.8 Å². The maximum absolute atomic E-state index is 4.64. The molecule has 0 spiro atoms. The average Bonchev–Trinajstić information content (AvgIpc) is 3.00. The zero-order chi connectivity index (χ0) is 15.1. The largest absolute Gasteiger partial charge is 0.313 e. The van der Waals surface area contributed by atoms with Crippen LogP contribution in [-0.2, 0) is 12.3 Å². The molecule has 1 heterocycles. The lowest BCUT2D eigenvalue weighted by atomic mass is 10.2. The molecule has 1 atom stereocenters. The Balaban J connectivity index is 1.86. The maximum atomic E-state index is 4.64. The van der Waals surface area contributed by atoms with Gasteiger partial charge in [0.05, 0.1) is 5.69 Å². The van der Waals surface area contributed by atoms with Crippen molar-refractivity contribution >= 4 is 11.8 Å². The summed E-state index contributed by atoms with van der Waals surface area (Å²) >= 11 is 1.84. The molecule has 0 aliphatic carbocycles. The number of hydrogen-bond acceptors (Lipinski definition) is 3. The molecule has 2 aromatic rings. The third-order valence-electron chi connectivity index (χ3n) is 3.60. The van der Waals surface area contributed by atoms with Gasteiger partial charge in [-0.05, 0) is 43.7 Å². The summed E-state index contributed by atoms with van der Waals surface area (Å²) in [4.78, 5) is 1.30. The van der Waals surface area contributed by atoms with Gasteiger partial charge in [-0.3, -0.25) is 4.68 Å². The van der Waals surface area contributed by atoms with E-state index in [0.717, 1.165) is 31.0 Å². The molecule has 0 radical (unpaired) electrons. The standard InChI is InChI=1S/C17H25N3S/c1-4-14(3)20-11-10-16(19-20)13-21-17-8-6-15(7-9-17)12-18-5-2/h6-11,14,18H,4-5,12-13H2,1-3H3. The molecule has 1 aromatic carbocycles. The van der Waals surface area contributed by atoms with Crippen molar-refractivity contribution in [1.82, 2.24) is 15.1 Å². The van der Waals surface area contributed by atoms with E-state index in [1.807, 2.05) is 11.8 Å². The van der Waals surface area contributed by atoms with Gasteiger partial charge >= 0.3 is 0 Å². The Morgan fingerprint density at radius 1 is 1.19 bits per heavy atom. The molecular weight excluding hydrogens is 278 g/mol. The monoisotopic (exact) mass is 303 g/mol. The second kappa shape index (κ2) is 8.25. The van der Waals surface area contributed by atoms with Crippen molar-refractivity contribution in [3.63, 3.8) is 0 Å². The molecule has 21 heavy (non-hydrogen) atoms. The van der Waals surface area contributed by atoms with E-state index in [1.54, 1.807) is 0 Å². The van der Waals surface area contributed by atoms with Crippen molar-refractivity contribution in [2.75, 3.05) is 6.54 Å². The van der Waals surface area contributed by atoms with Crippen LogP contribution in [0.3, 0.4) is 0 Å². The minimum absolute atomic E-state index is 0.481. The second-order valence-electron chi connectivity index (χ2n) is 5.26. The van der Waals surface area contributed by atoms with Gasteiger partial charge in [0.15, 0.2) is 0 Å². The number of thioether (sulfide) groups is 1. The first kappa shape index (κ1) is 16.1. The van der Waals surface area contributed by atoms with E-state index in [4.69, 9.17) is 0 Å². The second-order valence-corrected chi connectivity index (χ2v) is 6.31. The minimum Gasteiger partial charge on any atom is -0.313 e. The van der Waals surface area contributed by atoms with Gasteiger partial charge in [0.25, 0.3) is 0 Å². The highest BCUT2D eigenvalue weighted by Crippen LogP contribution is 2.23. The predicted octanol–water partition coefficient (Wildman–Crippen LogP) is 4.26. The molecule has 4 heteroatoms. The van der Waals surface area contributed by atoms with E-state index < -0.39 is 0 Å². The first-order chi connectivity index (χ1) is 10.2. The molecule has 0 bridgehead atoms. The maximum Gasteiger partial charge on any atom is 0.0727 e. The summed E-state index contributed by atoms with van der Waals surface area (Å²) < 4.78 is 2.06. The fraction of sp³-hybridized carbons (Fsp3) is 0.471. The van der Waals surface area contributed by atoms with Crippen molar-refractivity contribution in [3.8, 4) is 0 Å². The van der Waals surface area contributed by atoms with E-state index >= 15 is 0 Å². The van der Waals surface area contributed by atoms with Crippen molar-refractivity contribution in [2.45, 2.75) is 50.4 Å². The van der Waals surface area contributed by atoms with Gasteiger partial charge in [-0.15, -0.1) is 11.8 Å². The van der Waals surface area contributed by atoms with Crippen LogP contribution in [0.1, 0.15) is 44.5 Å². The molecule has 0 aliphatic heterocycles. The lowest BCUT2D eigenvalue weighted by Gasteiger charge is -2.08. The van der Waals surface area contributed by atoms with E-state index in [2.05, 4.69) is 72.4 Å². The van der Waals surface area contributed by atoms with Crippen molar-refractivity contribution in [1.29, 1.82) is 0 Å². The number of nitrogens with zero attached hydrogens (tertiary/aromatic N) is 2. The van der Waals surface area contributed by atoms with E-state index in [9.17, 15) is 0 Å². The van der Waals surface area contributed by atoms with Crippen LogP contribution in [0.2, 0.25) is 0 Å². The highest BCUT2D eigenvalue weighted by molar-refractivity contribution is 7.98. The van der Waals surface area contributed by atoms with Crippen LogP contribution < -0.4 is 5.32 Å². The Morgan fingerprint density at radius 3 is 2.62 bits per heavy atom. The molecule has 1 unspecified atom stereocenters. The van der Waals surface area contributed by atoms with Gasteiger partial charge in [-0.2, -0.15) is 5.10 Å². The van der Waals surface area contributed by atoms with E-state index in [0.29, 0.717) is 6.04 Å². The van der Waals surface area contributed by atoms with Crippen molar-refractivity contribution in [3.05, 3.63) is 47.8 Å². The smallest absolute Gasteiger partial charge is 0.0727 e. The first-order valence-corrected chi connectivity index (χ1v) is 8.68. The van der Waals surface area contributed by atoms with Gasteiger partial charge in [0, 0.05) is 29.4 Å². The quantitative estimate of drug-likeness (QED) is 0.739. The van der Waals surface area contributed by atoms with Crippen LogP contribution in [-0.4, -0.2) is 16.3 Å². The SMILES string of the molecule is CCNCc1ccc(SCc2ccn(C(C)CC)n2)cc1. The minimum atomic E-state index is 0.481. The molecule has 0 saturated heterocycles. The third-order valence-corrected chi connectivity index (χ3v) is 4.64. The Hall–Kier alpha value is -1.26. The highest BCUT2D eigenvalue weighted by atomic mass is 32.2. The molecular formula is C17H25N3S. The van der Waals surface area contributed by atoms with Gasteiger partial charge in [0.2, 0.25) is 0 Å². The normalized spacial score (nSPS) is 12.5. The molecule has 0 amide bonds. The summed E-state index contributed by atoms with van der Waals surface area (Å²) in [7, 11) is 0. The number of nitrogens with one attached hydrogen (secondary N) is 1. The van der Waals surface area contributed by atoms with Crippen LogP contribution in [0.5, 0.6) is 0 Å². The predicted molar refractivity (Wildman–Crippen MR) is 90.6 cm³/mol. The molecule has 2 rings (SSSR count). The molecule has 0 saturated carbocycles. The lowest BCUT2D eigenvalue weighted by molar-refractivity contribution is 0.475. The van der Waals surface area contributed by atoms with Crippen molar-refractivity contribution < 1.29 is 0 Å². The van der Waals surface area contributed by atoms with Crippen LogP contribution in [0, 0.1) is 0 Å². The van der Waals surface area contributed by atoms with Gasteiger partial charge < -0.3 is 5.32 Å². The lowest BCUT2D eigenvalue weighted by Crippen LogP contribution is -2.11. The summed E-state index contributed by atoms with van der Waals surface area (Å²) in [6, 6.07) is 11.4. The van der Waals surface area contributed by atoms with E-state index in [-0.39, 0.29) is 0 Å². The Morgan fingerprint density at radius 2 is 1.95 bits per heavy atom. The number of hydrogen-bond donors (Lipinski definition) is 1. The van der Waals surface area contributed by atoms with Crippen LogP contribution in [0.25, 0.3) is 0 Å². The van der Waals surface area contributed by atoms with Crippen LogP contribution in [0.4, 0.5) is 0 Å². The fourth-order valence-electron chi connectivity index (χ4n) is 2.02. The molecule has 3 nitrogen and oxygen atoms in total. The molecule has 1 N–H and O–H groups in total. The van der Waals surface area contributed by atoms with Gasteiger partial charge in [-0.25, -0.2) is 0 Å². The summed E-state index contributed by atoms with van der Waals surface area (Å²) in [6.45, 7) is 8.47. The average molecular weight is 303 g/mol. The summed E-state index contributed by atoms with van der Waals surface area (Å²) in [5, 5.41) is 7.98. The fourth-order valence-corrected chi connectivity index (χ4v) is 2.81. The summed E-state index contributed by atoms with van der Waals surface area (Å²) in [5.41, 5.74) is 2.49. The first-order valence-electron chi connectivity index (χ1n) is 7.69.